The largest absolute Gasteiger partial charge is 0.481 e. The Balaban J connectivity index is -0.000000333. The molecular weight excluding hydrogens is 344 g/mol. The maximum absolute atomic E-state index is 10.9. The van der Waals surface area contributed by atoms with Gasteiger partial charge >= 0.3 is 23.9 Å². The molecule has 0 aromatic rings. The van der Waals surface area contributed by atoms with Gasteiger partial charge in [0.15, 0.2) is 0 Å². The van der Waals surface area contributed by atoms with Crippen LogP contribution >= 0.6 is 0 Å². The van der Waals surface area contributed by atoms with Crippen LogP contribution in [0.5, 0.6) is 0 Å². The molecule has 152 valence electrons. The first-order valence-electron chi connectivity index (χ1n) is 5.82. The lowest BCUT2D eigenvalue weighted by Gasteiger charge is -2.36. The van der Waals surface area contributed by atoms with Gasteiger partial charge < -0.3 is 56.5 Å². The number of aliphatic carboxylic acids is 4. The van der Waals surface area contributed by atoms with Gasteiger partial charge in [0, 0.05) is 5.41 Å². The van der Waals surface area contributed by atoms with E-state index in [4.69, 9.17) is 31.9 Å². The van der Waals surface area contributed by atoms with Crippen LogP contribution in [0.1, 0.15) is 32.1 Å². The standard InChI is InChI=1S/C11H18N2O8.4H3N/c12-11(13,4-9(20)21)5-10(1-6(14)15,2-7(16)17)3-8(18)19;;;;/h1-5,12-13H2,(H,14,15)(H,16,17)(H,18,19)(H,20,21);4*1H3. The summed E-state index contributed by atoms with van der Waals surface area (Å²) in [7, 11) is 0. The summed E-state index contributed by atoms with van der Waals surface area (Å²) in [6.07, 6.45) is -3.74. The van der Waals surface area contributed by atoms with Crippen LogP contribution in [0, 0.1) is 5.41 Å². The van der Waals surface area contributed by atoms with Crippen molar-refractivity contribution in [2.75, 3.05) is 0 Å². The van der Waals surface area contributed by atoms with E-state index in [2.05, 4.69) is 0 Å². The van der Waals surface area contributed by atoms with Crippen LogP contribution < -0.4 is 36.1 Å². The maximum Gasteiger partial charge on any atom is 0.306 e. The van der Waals surface area contributed by atoms with Gasteiger partial charge in [-0.1, -0.05) is 0 Å². The lowest BCUT2D eigenvalue weighted by atomic mass is 9.71. The van der Waals surface area contributed by atoms with Crippen molar-refractivity contribution in [1.29, 1.82) is 0 Å². The first-order valence-corrected chi connectivity index (χ1v) is 5.82. The Morgan fingerprint density at radius 3 is 1.04 bits per heavy atom. The Kier molecular flexibility index (Phi) is 17.7. The van der Waals surface area contributed by atoms with Gasteiger partial charge in [0.25, 0.3) is 0 Å². The summed E-state index contributed by atoms with van der Waals surface area (Å²) in [6, 6.07) is 0. The van der Waals surface area contributed by atoms with E-state index in [1.54, 1.807) is 0 Å². The average molecular weight is 374 g/mol. The molecule has 0 saturated heterocycles. The predicted octanol–water partition coefficient (Wildman–Crippen LogP) is -0.477. The first-order chi connectivity index (χ1) is 9.37. The van der Waals surface area contributed by atoms with Gasteiger partial charge in [0.1, 0.15) is 0 Å². The smallest absolute Gasteiger partial charge is 0.306 e. The van der Waals surface area contributed by atoms with Crippen molar-refractivity contribution < 1.29 is 39.6 Å². The summed E-state index contributed by atoms with van der Waals surface area (Å²) in [4.78, 5) is 43.4. The van der Waals surface area contributed by atoms with Crippen molar-refractivity contribution in [2.45, 2.75) is 37.8 Å². The zero-order valence-electron chi connectivity index (χ0n) is 13.9. The molecule has 20 N–H and O–H groups in total. The fraction of sp³-hybridized carbons (Fsp3) is 0.636. The highest BCUT2D eigenvalue weighted by Gasteiger charge is 2.43. The van der Waals surface area contributed by atoms with Crippen molar-refractivity contribution >= 4 is 23.9 Å². The number of hydrogen-bond donors (Lipinski definition) is 10. The minimum atomic E-state index is -1.92. The molecule has 14 heteroatoms. The Bertz CT molecular complexity index is 415. The molecule has 0 amide bonds. The molecule has 0 aromatic carbocycles. The predicted molar refractivity (Wildman–Crippen MR) is 87.3 cm³/mol. The average Bonchev–Trinajstić information content (AvgIpc) is 2.07. The summed E-state index contributed by atoms with van der Waals surface area (Å²) in [5.74, 6) is -5.65. The highest BCUT2D eigenvalue weighted by Crippen LogP contribution is 2.38. The van der Waals surface area contributed by atoms with Gasteiger partial charge in [0.2, 0.25) is 0 Å². The quantitative estimate of drug-likeness (QED) is 0.216. The molecule has 0 bridgehead atoms. The molecule has 14 nitrogen and oxygen atoms in total. The van der Waals surface area contributed by atoms with Crippen LogP contribution in [0.15, 0.2) is 0 Å². The third kappa shape index (κ3) is 14.9. The summed E-state index contributed by atoms with van der Waals surface area (Å²) in [5.41, 5.74) is 7.40. The van der Waals surface area contributed by atoms with Gasteiger partial charge in [-0.05, 0) is 6.42 Å². The summed E-state index contributed by atoms with van der Waals surface area (Å²) in [6.45, 7) is 0. The Morgan fingerprint density at radius 2 is 0.840 bits per heavy atom. The molecule has 0 spiro atoms. The molecule has 0 radical (unpaired) electrons. The lowest BCUT2D eigenvalue weighted by molar-refractivity contribution is -0.148. The van der Waals surface area contributed by atoms with E-state index >= 15 is 0 Å². The third-order valence-corrected chi connectivity index (χ3v) is 2.76. The van der Waals surface area contributed by atoms with E-state index in [0.29, 0.717) is 0 Å². The van der Waals surface area contributed by atoms with Crippen LogP contribution in [0.3, 0.4) is 0 Å². The van der Waals surface area contributed by atoms with Crippen LogP contribution in [0.4, 0.5) is 0 Å². The molecule has 0 aliphatic heterocycles. The molecule has 0 aromatic heterocycles. The second-order valence-electron chi connectivity index (χ2n) is 5.19. The molecule has 0 saturated carbocycles. The third-order valence-electron chi connectivity index (χ3n) is 2.76. The number of hydrogen-bond acceptors (Lipinski definition) is 10. The van der Waals surface area contributed by atoms with E-state index < -0.39 is 67.1 Å². The molecule has 0 rings (SSSR count). The van der Waals surface area contributed by atoms with Crippen molar-refractivity contribution in [3.8, 4) is 0 Å². The number of rotatable bonds is 10. The van der Waals surface area contributed by atoms with Crippen LogP contribution in [-0.4, -0.2) is 50.0 Å². The van der Waals surface area contributed by atoms with E-state index in [-0.39, 0.29) is 24.6 Å². The monoisotopic (exact) mass is 374 g/mol. The van der Waals surface area contributed by atoms with Crippen molar-refractivity contribution in [2.24, 2.45) is 16.9 Å². The van der Waals surface area contributed by atoms with E-state index in [1.165, 1.54) is 0 Å². The Hall–Kier alpha value is -2.36. The fourth-order valence-electron chi connectivity index (χ4n) is 2.38. The molecule has 0 unspecified atom stereocenters. The molecule has 0 heterocycles. The van der Waals surface area contributed by atoms with Crippen LogP contribution in [0.2, 0.25) is 0 Å². The lowest BCUT2D eigenvalue weighted by Crippen LogP contribution is -2.55. The van der Waals surface area contributed by atoms with E-state index in [0.717, 1.165) is 0 Å². The minimum Gasteiger partial charge on any atom is -0.481 e. The van der Waals surface area contributed by atoms with Crippen LogP contribution in [0.25, 0.3) is 0 Å². The molecule has 0 atom stereocenters. The van der Waals surface area contributed by atoms with Gasteiger partial charge in [0.05, 0.1) is 31.3 Å². The molecule has 0 fully saturated rings. The van der Waals surface area contributed by atoms with Gasteiger partial charge in [-0.25, -0.2) is 0 Å². The summed E-state index contributed by atoms with van der Waals surface area (Å²) < 4.78 is 0. The van der Waals surface area contributed by atoms with Gasteiger partial charge in [-0.3, -0.25) is 19.2 Å². The highest BCUT2D eigenvalue weighted by molar-refractivity contribution is 5.76. The minimum absolute atomic E-state index is 0. The molecule has 0 aliphatic rings. The number of carboxylic acid groups (broad SMARTS) is 4. The van der Waals surface area contributed by atoms with E-state index in [1.807, 2.05) is 0 Å². The van der Waals surface area contributed by atoms with Crippen molar-refractivity contribution in [3.63, 3.8) is 0 Å². The summed E-state index contributed by atoms with van der Waals surface area (Å²) >= 11 is 0. The number of nitrogens with two attached hydrogens (primary N) is 2. The Labute approximate surface area is 143 Å². The van der Waals surface area contributed by atoms with Crippen LogP contribution in [-0.2, 0) is 19.2 Å². The number of carboxylic acids is 4. The topological polar surface area (TPSA) is 341 Å². The van der Waals surface area contributed by atoms with Gasteiger partial charge in [-0.2, -0.15) is 0 Å². The number of carbonyl (C=O) groups is 4. The fourth-order valence-corrected chi connectivity index (χ4v) is 2.38. The molecule has 25 heavy (non-hydrogen) atoms. The van der Waals surface area contributed by atoms with E-state index in [9.17, 15) is 19.2 Å². The second kappa shape index (κ2) is 13.0. The maximum atomic E-state index is 10.9. The second-order valence-corrected chi connectivity index (χ2v) is 5.19. The zero-order chi connectivity index (χ0) is 16.8. The van der Waals surface area contributed by atoms with Gasteiger partial charge in [-0.15, -0.1) is 0 Å². The Morgan fingerprint density at radius 1 is 0.600 bits per heavy atom. The molecule has 0 aliphatic carbocycles. The highest BCUT2D eigenvalue weighted by atomic mass is 16.4. The first kappa shape index (κ1) is 34.1. The summed E-state index contributed by atoms with van der Waals surface area (Å²) in [5, 5.41) is 35.3. The molecular formula is C11H30N6O8. The zero-order valence-corrected chi connectivity index (χ0v) is 13.9. The van der Waals surface area contributed by atoms with Crippen molar-refractivity contribution in [1.82, 2.24) is 24.6 Å². The van der Waals surface area contributed by atoms with Crippen molar-refractivity contribution in [3.05, 3.63) is 0 Å². The normalized spacial score (nSPS) is 10.0. The SMILES string of the molecule is N.N.N.N.NC(N)(CC(=O)O)CC(CC(=O)O)(CC(=O)O)CC(=O)O.